The predicted molar refractivity (Wildman–Crippen MR) is 52.2 cm³/mol. The van der Waals surface area contributed by atoms with Gasteiger partial charge in [-0.25, -0.2) is 0 Å². The molecule has 0 amide bonds. The van der Waals surface area contributed by atoms with Crippen molar-refractivity contribution in [3.05, 3.63) is 0 Å². The topological polar surface area (TPSA) is 0 Å². The monoisotopic (exact) mass is 262 g/mol. The van der Waals surface area contributed by atoms with Crippen molar-refractivity contribution in [3.8, 4) is 0 Å². The average molecular weight is 264 g/mol. The SMILES string of the molecule is CCCC(CBr)CCC(F)(F)Cl. The van der Waals surface area contributed by atoms with E-state index >= 15 is 0 Å². The minimum atomic E-state index is -3.02. The van der Waals surface area contributed by atoms with E-state index in [0.717, 1.165) is 18.2 Å². The van der Waals surface area contributed by atoms with Gasteiger partial charge in [0.2, 0.25) is 0 Å². The van der Waals surface area contributed by atoms with Gasteiger partial charge in [-0.05, 0) is 30.4 Å². The molecule has 4 heteroatoms. The van der Waals surface area contributed by atoms with Crippen LogP contribution in [0.2, 0.25) is 0 Å². The Morgan fingerprint density at radius 2 is 2.00 bits per heavy atom. The molecule has 1 atom stereocenters. The van der Waals surface area contributed by atoms with Crippen molar-refractivity contribution >= 4 is 27.5 Å². The highest BCUT2D eigenvalue weighted by Gasteiger charge is 2.25. The molecule has 12 heavy (non-hydrogen) atoms. The second-order valence-electron chi connectivity index (χ2n) is 2.96. The third-order valence-electron chi connectivity index (χ3n) is 1.75. The van der Waals surface area contributed by atoms with Crippen molar-refractivity contribution in [2.45, 2.75) is 38.0 Å². The Hall–Kier alpha value is 0.630. The molecule has 0 aromatic heterocycles. The molecule has 0 fully saturated rings. The smallest absolute Gasteiger partial charge is 0.188 e. The van der Waals surface area contributed by atoms with E-state index < -0.39 is 5.38 Å². The fourth-order valence-corrected chi connectivity index (χ4v) is 1.83. The van der Waals surface area contributed by atoms with Gasteiger partial charge >= 0.3 is 5.38 Å². The molecule has 0 rings (SSSR count). The van der Waals surface area contributed by atoms with E-state index in [1.807, 2.05) is 0 Å². The molecule has 0 saturated heterocycles. The highest BCUT2D eigenvalue weighted by atomic mass is 79.9. The predicted octanol–water partition coefficient (Wildman–Crippen LogP) is 4.41. The van der Waals surface area contributed by atoms with Crippen LogP contribution in [0.3, 0.4) is 0 Å². The molecule has 0 aliphatic carbocycles. The molecule has 0 aromatic carbocycles. The molecule has 0 spiro atoms. The van der Waals surface area contributed by atoms with E-state index in [1.54, 1.807) is 0 Å². The summed E-state index contributed by atoms with van der Waals surface area (Å²) in [6, 6.07) is 0. The van der Waals surface area contributed by atoms with Gasteiger partial charge < -0.3 is 0 Å². The number of halogens is 4. The van der Waals surface area contributed by atoms with Crippen LogP contribution in [0.4, 0.5) is 8.78 Å². The molecular weight excluding hydrogens is 249 g/mol. The first-order chi connectivity index (χ1) is 5.49. The molecule has 74 valence electrons. The number of hydrogen-bond donors (Lipinski definition) is 0. The van der Waals surface area contributed by atoms with Crippen LogP contribution in [0, 0.1) is 5.92 Å². The van der Waals surface area contributed by atoms with E-state index in [4.69, 9.17) is 11.6 Å². The van der Waals surface area contributed by atoms with Crippen molar-refractivity contribution < 1.29 is 8.78 Å². The fourth-order valence-electron chi connectivity index (χ4n) is 1.07. The fraction of sp³-hybridized carbons (Fsp3) is 1.00. The van der Waals surface area contributed by atoms with Crippen molar-refractivity contribution in [1.82, 2.24) is 0 Å². The molecule has 0 aliphatic heterocycles. The zero-order valence-electron chi connectivity index (χ0n) is 7.12. The second-order valence-corrected chi connectivity index (χ2v) is 4.16. The quantitative estimate of drug-likeness (QED) is 0.623. The van der Waals surface area contributed by atoms with Crippen LogP contribution in [0.5, 0.6) is 0 Å². The zero-order chi connectivity index (χ0) is 9.61. The lowest BCUT2D eigenvalue weighted by molar-refractivity contribution is 0.0784. The van der Waals surface area contributed by atoms with Crippen LogP contribution in [0.1, 0.15) is 32.6 Å². The molecular formula is C8H14BrClF2. The summed E-state index contributed by atoms with van der Waals surface area (Å²) in [6.07, 6.45) is 2.29. The summed E-state index contributed by atoms with van der Waals surface area (Å²) >= 11 is 8.08. The lowest BCUT2D eigenvalue weighted by Gasteiger charge is -2.14. The van der Waals surface area contributed by atoms with E-state index in [9.17, 15) is 8.78 Å². The molecule has 0 heterocycles. The maximum absolute atomic E-state index is 12.2. The molecule has 0 aliphatic rings. The minimum absolute atomic E-state index is 0.217. The summed E-state index contributed by atoms with van der Waals surface area (Å²) in [5.41, 5.74) is 0. The van der Waals surface area contributed by atoms with Gasteiger partial charge in [-0.1, -0.05) is 29.3 Å². The number of rotatable bonds is 6. The Bertz CT molecular complexity index is 114. The summed E-state index contributed by atoms with van der Waals surface area (Å²) in [6.45, 7) is 2.05. The van der Waals surface area contributed by atoms with Gasteiger partial charge in [-0.15, -0.1) is 0 Å². The summed E-state index contributed by atoms with van der Waals surface area (Å²) in [5, 5.41) is -2.23. The van der Waals surface area contributed by atoms with Crippen molar-refractivity contribution in [3.63, 3.8) is 0 Å². The Labute approximate surface area is 85.8 Å². The van der Waals surface area contributed by atoms with Gasteiger partial charge in [-0.3, -0.25) is 0 Å². The summed E-state index contributed by atoms with van der Waals surface area (Å²) in [5.74, 6) is 0.333. The minimum Gasteiger partial charge on any atom is -0.188 e. The Kier molecular flexibility index (Phi) is 6.46. The Morgan fingerprint density at radius 3 is 2.33 bits per heavy atom. The molecule has 0 nitrogen and oxygen atoms in total. The van der Waals surface area contributed by atoms with Gasteiger partial charge in [0, 0.05) is 11.8 Å². The third kappa shape index (κ3) is 7.29. The molecule has 0 saturated carbocycles. The maximum Gasteiger partial charge on any atom is 0.321 e. The van der Waals surface area contributed by atoms with E-state index in [2.05, 4.69) is 22.9 Å². The third-order valence-corrected chi connectivity index (χ3v) is 2.86. The summed E-state index contributed by atoms with van der Waals surface area (Å²) in [4.78, 5) is 0. The van der Waals surface area contributed by atoms with Crippen molar-refractivity contribution in [1.29, 1.82) is 0 Å². The summed E-state index contributed by atoms with van der Waals surface area (Å²) < 4.78 is 24.4. The summed E-state index contributed by atoms with van der Waals surface area (Å²) in [7, 11) is 0. The number of hydrogen-bond acceptors (Lipinski definition) is 0. The lowest BCUT2D eigenvalue weighted by atomic mass is 10.0. The van der Waals surface area contributed by atoms with E-state index in [-0.39, 0.29) is 6.42 Å². The van der Waals surface area contributed by atoms with Crippen molar-refractivity contribution in [2.24, 2.45) is 5.92 Å². The highest BCUT2D eigenvalue weighted by molar-refractivity contribution is 9.09. The van der Waals surface area contributed by atoms with Crippen LogP contribution < -0.4 is 0 Å². The molecule has 0 N–H and O–H groups in total. The van der Waals surface area contributed by atoms with Crippen LogP contribution >= 0.6 is 27.5 Å². The molecule has 0 bridgehead atoms. The first-order valence-corrected chi connectivity index (χ1v) is 5.62. The van der Waals surface area contributed by atoms with Crippen LogP contribution in [-0.2, 0) is 0 Å². The van der Waals surface area contributed by atoms with Crippen molar-refractivity contribution in [2.75, 3.05) is 5.33 Å². The van der Waals surface area contributed by atoms with Crippen LogP contribution in [0.25, 0.3) is 0 Å². The average Bonchev–Trinajstić information content (AvgIpc) is 1.96. The Morgan fingerprint density at radius 1 is 1.42 bits per heavy atom. The largest absolute Gasteiger partial charge is 0.321 e. The van der Waals surface area contributed by atoms with Crippen LogP contribution in [-0.4, -0.2) is 10.7 Å². The Balaban J connectivity index is 3.58. The van der Waals surface area contributed by atoms with Gasteiger partial charge in [0.1, 0.15) is 0 Å². The first-order valence-electron chi connectivity index (χ1n) is 4.12. The molecule has 0 aromatic rings. The maximum atomic E-state index is 12.2. The standard InChI is InChI=1S/C8H14BrClF2/c1-2-3-7(6-9)4-5-8(10,11)12/h7H,2-6H2,1H3. The highest BCUT2D eigenvalue weighted by Crippen LogP contribution is 2.28. The number of alkyl halides is 4. The molecule has 1 unspecified atom stereocenters. The second kappa shape index (κ2) is 6.14. The normalized spacial score (nSPS) is 14.8. The van der Waals surface area contributed by atoms with E-state index in [1.165, 1.54) is 0 Å². The van der Waals surface area contributed by atoms with Crippen LogP contribution in [0.15, 0.2) is 0 Å². The van der Waals surface area contributed by atoms with Gasteiger partial charge in [0.05, 0.1) is 0 Å². The lowest BCUT2D eigenvalue weighted by Crippen LogP contribution is -2.10. The van der Waals surface area contributed by atoms with Gasteiger partial charge in [0.15, 0.2) is 0 Å². The van der Waals surface area contributed by atoms with E-state index in [0.29, 0.717) is 12.3 Å². The van der Waals surface area contributed by atoms with Gasteiger partial charge in [0.25, 0.3) is 0 Å². The van der Waals surface area contributed by atoms with Gasteiger partial charge in [-0.2, -0.15) is 8.78 Å². The zero-order valence-corrected chi connectivity index (χ0v) is 9.47. The first kappa shape index (κ1) is 12.6. The molecule has 0 radical (unpaired) electrons.